The summed E-state index contributed by atoms with van der Waals surface area (Å²) in [5.41, 5.74) is 4.05. The van der Waals surface area contributed by atoms with Crippen LogP contribution in [0.4, 0.5) is 5.82 Å². The number of hydrogen-bond acceptors (Lipinski definition) is 4. The van der Waals surface area contributed by atoms with Crippen molar-refractivity contribution < 1.29 is 4.74 Å². The fourth-order valence-corrected chi connectivity index (χ4v) is 2.54. The largest absolute Gasteiger partial charge is 0.438 e. The molecule has 0 radical (unpaired) electrons. The smallest absolute Gasteiger partial charge is 0.221 e. The van der Waals surface area contributed by atoms with E-state index in [-0.39, 0.29) is 0 Å². The molecule has 2 aromatic carbocycles. The van der Waals surface area contributed by atoms with Gasteiger partial charge in [0, 0.05) is 30.5 Å². The van der Waals surface area contributed by atoms with Gasteiger partial charge < -0.3 is 15.5 Å². The second-order valence-electron chi connectivity index (χ2n) is 5.45. The van der Waals surface area contributed by atoms with Gasteiger partial charge >= 0.3 is 0 Å². The van der Waals surface area contributed by atoms with E-state index < -0.39 is 0 Å². The predicted molar refractivity (Wildman–Crippen MR) is 98.4 cm³/mol. The number of rotatable bonds is 5. The molecule has 0 aliphatic heterocycles. The fraction of sp³-hybridized carbons (Fsp3) is 0.100. The monoisotopic (exact) mass is 317 g/mol. The van der Waals surface area contributed by atoms with Crippen LogP contribution in [0.1, 0.15) is 11.1 Å². The van der Waals surface area contributed by atoms with Gasteiger partial charge in [0.1, 0.15) is 11.6 Å². The van der Waals surface area contributed by atoms with E-state index in [2.05, 4.69) is 35.4 Å². The van der Waals surface area contributed by atoms with E-state index in [4.69, 9.17) is 10.1 Å². The van der Waals surface area contributed by atoms with Crippen molar-refractivity contribution >= 4 is 12.0 Å². The highest BCUT2D eigenvalue weighted by Gasteiger charge is 2.09. The number of ether oxygens (including phenoxy) is 1. The highest BCUT2D eigenvalue weighted by Crippen LogP contribution is 2.33. The molecule has 0 saturated heterocycles. The lowest BCUT2D eigenvalue weighted by atomic mass is 10.0. The van der Waals surface area contributed by atoms with Crippen LogP contribution in [0.25, 0.3) is 11.1 Å². The number of benzene rings is 2. The van der Waals surface area contributed by atoms with Crippen LogP contribution in [0.5, 0.6) is 11.6 Å². The van der Waals surface area contributed by atoms with Crippen LogP contribution >= 0.6 is 0 Å². The zero-order chi connectivity index (χ0) is 16.9. The molecule has 1 heterocycles. The summed E-state index contributed by atoms with van der Waals surface area (Å²) >= 11 is 0. The molecule has 2 N–H and O–H groups in total. The first-order valence-corrected chi connectivity index (χ1v) is 7.74. The number of pyridine rings is 1. The maximum Gasteiger partial charge on any atom is 0.221 e. The van der Waals surface area contributed by atoms with Gasteiger partial charge in [0.2, 0.25) is 5.88 Å². The van der Waals surface area contributed by atoms with Crippen molar-refractivity contribution in [2.75, 3.05) is 12.4 Å². The number of aromatic nitrogens is 1. The average molecular weight is 317 g/mol. The second-order valence-corrected chi connectivity index (χ2v) is 5.45. The highest BCUT2D eigenvalue weighted by molar-refractivity contribution is 5.84. The van der Waals surface area contributed by atoms with Gasteiger partial charge in [-0.1, -0.05) is 48.0 Å². The Morgan fingerprint density at radius 2 is 1.88 bits per heavy atom. The number of para-hydroxylation sites is 1. The quantitative estimate of drug-likeness (QED) is 0.659. The van der Waals surface area contributed by atoms with Crippen LogP contribution in [0, 0.1) is 12.3 Å². The Morgan fingerprint density at radius 1 is 1.04 bits per heavy atom. The van der Waals surface area contributed by atoms with Crippen LogP contribution in [0.3, 0.4) is 0 Å². The lowest BCUT2D eigenvalue weighted by Crippen LogP contribution is -1.99. The van der Waals surface area contributed by atoms with Crippen molar-refractivity contribution in [1.29, 1.82) is 5.41 Å². The number of nitrogens with one attached hydrogen (secondary N) is 2. The molecule has 0 amide bonds. The molecule has 120 valence electrons. The summed E-state index contributed by atoms with van der Waals surface area (Å²) in [5.74, 6) is 1.86. The van der Waals surface area contributed by atoms with E-state index in [1.807, 2.05) is 36.4 Å². The summed E-state index contributed by atoms with van der Waals surface area (Å²) < 4.78 is 6.02. The molecule has 0 saturated carbocycles. The van der Waals surface area contributed by atoms with E-state index in [0.717, 1.165) is 22.4 Å². The first-order valence-electron chi connectivity index (χ1n) is 7.74. The van der Waals surface area contributed by atoms with Crippen LogP contribution in [-0.2, 0) is 0 Å². The van der Waals surface area contributed by atoms with E-state index in [1.165, 1.54) is 11.8 Å². The van der Waals surface area contributed by atoms with Crippen molar-refractivity contribution in [2.24, 2.45) is 0 Å². The molecule has 0 bridgehead atoms. The van der Waals surface area contributed by atoms with E-state index in [9.17, 15) is 0 Å². The molecule has 0 aliphatic carbocycles. The molecule has 24 heavy (non-hydrogen) atoms. The van der Waals surface area contributed by atoms with Crippen molar-refractivity contribution in [3.8, 4) is 22.8 Å². The SMILES string of the molecule is CNc1nc(Oc2ccccc2-c2cccc(C)c2)ccc1C=N. The maximum atomic E-state index is 7.40. The van der Waals surface area contributed by atoms with Crippen LogP contribution in [0.15, 0.2) is 60.7 Å². The van der Waals surface area contributed by atoms with Crippen LogP contribution in [-0.4, -0.2) is 18.2 Å². The van der Waals surface area contributed by atoms with Crippen molar-refractivity contribution in [3.63, 3.8) is 0 Å². The van der Waals surface area contributed by atoms with Gasteiger partial charge in [-0.2, -0.15) is 4.98 Å². The molecule has 0 spiro atoms. The Labute approximate surface area is 141 Å². The first kappa shape index (κ1) is 15.7. The minimum atomic E-state index is 0.491. The topological polar surface area (TPSA) is 58.0 Å². The summed E-state index contributed by atoms with van der Waals surface area (Å²) in [7, 11) is 1.78. The Kier molecular flexibility index (Phi) is 4.57. The van der Waals surface area contributed by atoms with E-state index >= 15 is 0 Å². The van der Waals surface area contributed by atoms with Crippen molar-refractivity contribution in [2.45, 2.75) is 6.92 Å². The van der Waals surface area contributed by atoms with Crippen molar-refractivity contribution in [1.82, 2.24) is 4.98 Å². The molecule has 0 aliphatic rings. The maximum absolute atomic E-state index is 7.40. The summed E-state index contributed by atoms with van der Waals surface area (Å²) in [4.78, 5) is 4.43. The third-order valence-electron chi connectivity index (χ3n) is 3.72. The van der Waals surface area contributed by atoms with Crippen molar-refractivity contribution in [3.05, 3.63) is 71.8 Å². The van der Waals surface area contributed by atoms with E-state index in [0.29, 0.717) is 11.7 Å². The highest BCUT2D eigenvalue weighted by atomic mass is 16.5. The van der Waals surface area contributed by atoms with Crippen LogP contribution in [0.2, 0.25) is 0 Å². The van der Waals surface area contributed by atoms with Gasteiger partial charge in [-0.25, -0.2) is 0 Å². The Bertz CT molecular complexity index is 874. The minimum absolute atomic E-state index is 0.491. The lowest BCUT2D eigenvalue weighted by molar-refractivity contribution is 0.465. The molecule has 0 atom stereocenters. The van der Waals surface area contributed by atoms with Gasteiger partial charge in [-0.05, 0) is 24.6 Å². The molecule has 1 aromatic heterocycles. The number of nitrogens with zero attached hydrogens (tertiary/aromatic N) is 1. The Hall–Kier alpha value is -3.14. The minimum Gasteiger partial charge on any atom is -0.438 e. The molecule has 0 unspecified atom stereocenters. The van der Waals surface area contributed by atoms with Gasteiger partial charge in [-0.15, -0.1) is 0 Å². The van der Waals surface area contributed by atoms with Gasteiger partial charge in [0.25, 0.3) is 0 Å². The lowest BCUT2D eigenvalue weighted by Gasteiger charge is -2.12. The molecular formula is C20H19N3O. The molecule has 4 heteroatoms. The normalized spacial score (nSPS) is 10.2. The Balaban J connectivity index is 1.98. The Morgan fingerprint density at radius 3 is 2.62 bits per heavy atom. The summed E-state index contributed by atoms with van der Waals surface area (Å²) in [6.07, 6.45) is 1.27. The standard InChI is InChI=1S/C20H19N3O/c1-14-6-5-7-15(12-14)17-8-3-4-9-18(17)24-19-11-10-16(13-21)20(22-2)23-19/h3-13,21H,1-2H3,(H,22,23). The second kappa shape index (κ2) is 6.96. The van der Waals surface area contributed by atoms with Gasteiger partial charge in [0.15, 0.2) is 0 Å². The zero-order valence-electron chi connectivity index (χ0n) is 13.7. The third kappa shape index (κ3) is 3.27. The van der Waals surface area contributed by atoms with E-state index in [1.54, 1.807) is 13.1 Å². The number of aryl methyl sites for hydroxylation is 1. The van der Waals surface area contributed by atoms with Gasteiger partial charge in [0.05, 0.1) is 0 Å². The molecule has 4 nitrogen and oxygen atoms in total. The molecule has 3 rings (SSSR count). The third-order valence-corrected chi connectivity index (χ3v) is 3.72. The summed E-state index contributed by atoms with van der Waals surface area (Å²) in [5, 5.41) is 10.4. The zero-order valence-corrected chi connectivity index (χ0v) is 13.7. The average Bonchev–Trinajstić information content (AvgIpc) is 2.62. The summed E-state index contributed by atoms with van der Waals surface area (Å²) in [6, 6.07) is 19.8. The van der Waals surface area contributed by atoms with Crippen LogP contribution < -0.4 is 10.1 Å². The molecule has 0 fully saturated rings. The molecular weight excluding hydrogens is 298 g/mol. The molecule has 3 aromatic rings. The number of anilines is 1. The summed E-state index contributed by atoms with van der Waals surface area (Å²) in [6.45, 7) is 2.07. The first-order chi connectivity index (χ1) is 11.7. The number of hydrogen-bond donors (Lipinski definition) is 2. The van der Waals surface area contributed by atoms with Gasteiger partial charge in [-0.3, -0.25) is 0 Å². The fourth-order valence-electron chi connectivity index (χ4n) is 2.54. The predicted octanol–water partition coefficient (Wildman–Crippen LogP) is 4.89.